The van der Waals surface area contributed by atoms with E-state index in [9.17, 15) is 34.2 Å². The second-order valence-electron chi connectivity index (χ2n) is 8.62. The van der Waals surface area contributed by atoms with Gasteiger partial charge in [-0.3, -0.25) is 19.2 Å². The molecule has 0 radical (unpaired) electrons. The summed E-state index contributed by atoms with van der Waals surface area (Å²) in [4.78, 5) is 61.0. The van der Waals surface area contributed by atoms with Crippen molar-refractivity contribution in [2.24, 2.45) is 5.73 Å². The summed E-state index contributed by atoms with van der Waals surface area (Å²) in [5.74, 6) is -5.17. The van der Waals surface area contributed by atoms with Crippen LogP contribution in [0.5, 0.6) is 0 Å². The fourth-order valence-corrected chi connectivity index (χ4v) is 3.56. The number of nitrogens with two attached hydrogens (primary N) is 1. The number of carbonyl (C=O) groups excluding carboxylic acids is 3. The maximum Gasteiger partial charge on any atom is 0.326 e. The number of amides is 3. The molecule has 204 valence electrons. The molecule has 38 heavy (non-hydrogen) atoms. The molecule has 4 unspecified atom stereocenters. The third kappa shape index (κ3) is 9.99. The van der Waals surface area contributed by atoms with E-state index in [0.29, 0.717) is 5.56 Å². The molecule has 0 fully saturated rings. The lowest BCUT2D eigenvalue weighted by Gasteiger charge is -2.24. The van der Waals surface area contributed by atoms with E-state index in [0.717, 1.165) is 5.56 Å². The Morgan fingerprint density at radius 2 is 1.16 bits per heavy atom. The number of rotatable bonds is 15. The van der Waals surface area contributed by atoms with E-state index < -0.39 is 66.9 Å². The number of hydrogen-bond acceptors (Lipinski definition) is 7. The van der Waals surface area contributed by atoms with Crippen molar-refractivity contribution >= 4 is 29.7 Å². The van der Waals surface area contributed by atoms with E-state index in [2.05, 4.69) is 16.0 Å². The average Bonchev–Trinajstić information content (AvgIpc) is 2.89. The Bertz CT molecular complexity index is 1100. The molecule has 2 aromatic rings. The molecule has 0 saturated carbocycles. The second kappa shape index (κ2) is 15.1. The fourth-order valence-electron chi connectivity index (χ4n) is 3.56. The minimum Gasteiger partial charge on any atom is -0.481 e. The van der Waals surface area contributed by atoms with Gasteiger partial charge in [-0.1, -0.05) is 60.7 Å². The summed E-state index contributed by atoms with van der Waals surface area (Å²) in [6.45, 7) is -0.825. The fraction of sp³-hybridized carbons (Fsp3) is 0.346. The molecular formula is C26H32N4O8. The normalized spacial score (nSPS) is 13.8. The van der Waals surface area contributed by atoms with Gasteiger partial charge in [0, 0.05) is 12.8 Å². The molecule has 3 amide bonds. The number of nitrogens with one attached hydrogen (secondary N) is 3. The van der Waals surface area contributed by atoms with Crippen LogP contribution in [0.4, 0.5) is 0 Å². The Hall–Kier alpha value is -4.29. The van der Waals surface area contributed by atoms with Crippen molar-refractivity contribution < 1.29 is 39.3 Å². The highest BCUT2D eigenvalue weighted by Gasteiger charge is 2.30. The molecule has 8 N–H and O–H groups in total. The van der Waals surface area contributed by atoms with Gasteiger partial charge in [0.15, 0.2) is 0 Å². The number of aliphatic hydroxyl groups is 1. The minimum absolute atomic E-state index is 0.0455. The summed E-state index contributed by atoms with van der Waals surface area (Å²) in [5, 5.41) is 35.2. The first-order chi connectivity index (χ1) is 18.1. The highest BCUT2D eigenvalue weighted by atomic mass is 16.4. The van der Waals surface area contributed by atoms with Gasteiger partial charge in [-0.2, -0.15) is 0 Å². The summed E-state index contributed by atoms with van der Waals surface area (Å²) < 4.78 is 0. The average molecular weight is 529 g/mol. The highest BCUT2D eigenvalue weighted by molar-refractivity contribution is 5.94. The highest BCUT2D eigenvalue weighted by Crippen LogP contribution is 2.06. The Labute approximate surface area is 219 Å². The van der Waals surface area contributed by atoms with E-state index in [1.165, 1.54) is 0 Å². The van der Waals surface area contributed by atoms with Crippen LogP contribution in [0.15, 0.2) is 60.7 Å². The summed E-state index contributed by atoms with van der Waals surface area (Å²) in [6.07, 6.45) is -0.735. The van der Waals surface area contributed by atoms with Crippen LogP contribution < -0.4 is 21.7 Å². The van der Waals surface area contributed by atoms with Crippen LogP contribution in [0.2, 0.25) is 0 Å². The molecule has 12 nitrogen and oxygen atoms in total. The van der Waals surface area contributed by atoms with Gasteiger partial charge in [0.05, 0.1) is 12.6 Å². The van der Waals surface area contributed by atoms with E-state index in [4.69, 9.17) is 10.8 Å². The maximum atomic E-state index is 12.9. The standard InChI is InChI=1S/C26H32N4O8/c27-18(13-16-7-3-1-4-8-16)23(34)30-21(15-31)25(36)28-19(11-12-22(32)33)24(35)29-20(26(37)38)14-17-9-5-2-6-10-17/h1-10,18-21,31H,11-15,27H2,(H,28,36)(H,29,35)(H,30,34)(H,32,33)(H,37,38). The Morgan fingerprint density at radius 1 is 0.684 bits per heavy atom. The van der Waals surface area contributed by atoms with Crippen molar-refractivity contribution in [3.05, 3.63) is 71.8 Å². The number of carboxylic acid groups (broad SMARTS) is 2. The van der Waals surface area contributed by atoms with Crippen molar-refractivity contribution in [1.29, 1.82) is 0 Å². The molecule has 0 heterocycles. The van der Waals surface area contributed by atoms with Crippen molar-refractivity contribution in [2.75, 3.05) is 6.61 Å². The van der Waals surface area contributed by atoms with Crippen molar-refractivity contribution in [2.45, 2.75) is 49.9 Å². The Balaban J connectivity index is 2.06. The molecule has 2 aromatic carbocycles. The number of benzene rings is 2. The van der Waals surface area contributed by atoms with E-state index in [1.807, 2.05) is 0 Å². The van der Waals surface area contributed by atoms with Gasteiger partial charge in [0.1, 0.15) is 18.1 Å². The molecule has 4 atom stereocenters. The molecule has 12 heteroatoms. The lowest BCUT2D eigenvalue weighted by molar-refractivity contribution is -0.143. The quantitative estimate of drug-likeness (QED) is 0.154. The van der Waals surface area contributed by atoms with Crippen molar-refractivity contribution in [3.63, 3.8) is 0 Å². The zero-order chi connectivity index (χ0) is 28.1. The van der Waals surface area contributed by atoms with E-state index >= 15 is 0 Å². The largest absolute Gasteiger partial charge is 0.481 e. The number of aliphatic carboxylic acids is 2. The Morgan fingerprint density at radius 3 is 1.66 bits per heavy atom. The molecule has 2 rings (SSSR count). The number of carboxylic acids is 2. The third-order valence-corrected chi connectivity index (χ3v) is 5.63. The lowest BCUT2D eigenvalue weighted by Crippen LogP contribution is -2.58. The smallest absolute Gasteiger partial charge is 0.326 e. The zero-order valence-corrected chi connectivity index (χ0v) is 20.6. The summed E-state index contributed by atoms with van der Waals surface area (Å²) >= 11 is 0. The second-order valence-corrected chi connectivity index (χ2v) is 8.62. The van der Waals surface area contributed by atoms with Crippen LogP contribution in [0.3, 0.4) is 0 Å². The minimum atomic E-state index is -1.48. The predicted octanol–water partition coefficient (Wildman–Crippen LogP) is -0.805. The van der Waals surface area contributed by atoms with Gasteiger partial charge in [-0.15, -0.1) is 0 Å². The van der Waals surface area contributed by atoms with Gasteiger partial charge in [0.2, 0.25) is 17.7 Å². The third-order valence-electron chi connectivity index (χ3n) is 5.63. The molecule has 0 bridgehead atoms. The first kappa shape index (κ1) is 29.9. The molecule has 0 spiro atoms. The van der Waals surface area contributed by atoms with Crippen LogP contribution in [0.1, 0.15) is 24.0 Å². The maximum absolute atomic E-state index is 12.9. The van der Waals surface area contributed by atoms with Crippen LogP contribution in [0, 0.1) is 0 Å². The number of aliphatic hydroxyl groups excluding tert-OH is 1. The van der Waals surface area contributed by atoms with Gasteiger partial charge >= 0.3 is 11.9 Å². The summed E-state index contributed by atoms with van der Waals surface area (Å²) in [6, 6.07) is 12.1. The number of hydrogen-bond donors (Lipinski definition) is 7. The topological polar surface area (TPSA) is 208 Å². The molecular weight excluding hydrogens is 496 g/mol. The summed E-state index contributed by atoms with van der Waals surface area (Å²) in [5.41, 5.74) is 7.35. The first-order valence-electron chi connectivity index (χ1n) is 11.9. The monoisotopic (exact) mass is 528 g/mol. The van der Waals surface area contributed by atoms with Gasteiger partial charge < -0.3 is 37.0 Å². The lowest BCUT2D eigenvalue weighted by atomic mass is 10.0. The molecule has 0 saturated heterocycles. The van der Waals surface area contributed by atoms with Gasteiger partial charge in [0.25, 0.3) is 0 Å². The van der Waals surface area contributed by atoms with Gasteiger partial charge in [-0.25, -0.2) is 4.79 Å². The molecule has 0 aromatic heterocycles. The molecule has 0 aliphatic carbocycles. The summed E-state index contributed by atoms with van der Waals surface area (Å²) in [7, 11) is 0. The van der Waals surface area contributed by atoms with E-state index in [1.54, 1.807) is 60.7 Å². The predicted molar refractivity (Wildman–Crippen MR) is 136 cm³/mol. The zero-order valence-electron chi connectivity index (χ0n) is 20.6. The first-order valence-corrected chi connectivity index (χ1v) is 11.9. The van der Waals surface area contributed by atoms with Crippen LogP contribution in [0.25, 0.3) is 0 Å². The van der Waals surface area contributed by atoms with Gasteiger partial charge in [-0.05, 0) is 24.0 Å². The van der Waals surface area contributed by atoms with Crippen LogP contribution in [-0.2, 0) is 36.8 Å². The molecule has 0 aliphatic rings. The SMILES string of the molecule is NC(Cc1ccccc1)C(=O)NC(CO)C(=O)NC(CCC(=O)O)C(=O)NC(Cc1ccccc1)C(=O)O. The van der Waals surface area contributed by atoms with Crippen molar-refractivity contribution in [1.82, 2.24) is 16.0 Å². The van der Waals surface area contributed by atoms with Crippen LogP contribution in [-0.4, -0.2) is 75.8 Å². The van der Waals surface area contributed by atoms with E-state index in [-0.39, 0.29) is 19.3 Å². The molecule has 0 aliphatic heterocycles. The number of carbonyl (C=O) groups is 5. The van der Waals surface area contributed by atoms with Crippen molar-refractivity contribution in [3.8, 4) is 0 Å². The van der Waals surface area contributed by atoms with Crippen LogP contribution >= 0.6 is 0 Å². The Kier molecular flexibility index (Phi) is 11.9.